The van der Waals surface area contributed by atoms with E-state index in [1.54, 1.807) is 12.1 Å². The minimum absolute atomic E-state index is 0.0805. The summed E-state index contributed by atoms with van der Waals surface area (Å²) in [5, 5.41) is 10.3. The normalized spacial score (nSPS) is 9.64. The summed E-state index contributed by atoms with van der Waals surface area (Å²) in [6, 6.07) is 4.93. The third-order valence-corrected chi connectivity index (χ3v) is 1.92. The second-order valence-corrected chi connectivity index (χ2v) is 3.28. The van der Waals surface area contributed by atoms with E-state index in [-0.39, 0.29) is 5.69 Å². The van der Waals surface area contributed by atoms with Crippen LogP contribution < -0.4 is 0 Å². The van der Waals surface area contributed by atoms with Crippen LogP contribution in [0.2, 0.25) is 0 Å². The second kappa shape index (κ2) is 3.17. The molecule has 0 saturated carbocycles. The maximum atomic E-state index is 10.3. The fourth-order valence-corrected chi connectivity index (χ4v) is 1.18. The molecule has 0 aliphatic heterocycles. The number of hydrogen-bond acceptors (Lipinski definition) is 2. The van der Waals surface area contributed by atoms with E-state index in [2.05, 4.69) is 6.92 Å². The molecule has 0 saturated heterocycles. The lowest BCUT2D eigenvalue weighted by Crippen LogP contribution is -1.91. The van der Waals surface area contributed by atoms with E-state index < -0.39 is 4.92 Å². The Morgan fingerprint density at radius 3 is 2.64 bits per heavy atom. The molecule has 0 aliphatic rings. The summed E-state index contributed by atoms with van der Waals surface area (Å²) in [4.78, 5) is 9.91. The molecule has 0 heterocycles. The van der Waals surface area contributed by atoms with Crippen molar-refractivity contribution in [3.05, 3.63) is 44.4 Å². The molecule has 1 radical (unpaired) electrons. The van der Waals surface area contributed by atoms with Gasteiger partial charge in [0.2, 0.25) is 0 Å². The SMILES string of the molecule is [CH2]c1ccc(I)cc1[N+](=O)[O-]. The first kappa shape index (κ1) is 8.45. The van der Waals surface area contributed by atoms with Crippen LogP contribution in [-0.4, -0.2) is 4.92 Å². The van der Waals surface area contributed by atoms with Crippen LogP contribution in [-0.2, 0) is 0 Å². The van der Waals surface area contributed by atoms with E-state index in [9.17, 15) is 10.1 Å². The van der Waals surface area contributed by atoms with Crippen molar-refractivity contribution >= 4 is 28.3 Å². The number of benzene rings is 1. The smallest absolute Gasteiger partial charge is 0.258 e. The molecule has 3 nitrogen and oxygen atoms in total. The van der Waals surface area contributed by atoms with Crippen LogP contribution in [0.15, 0.2) is 18.2 Å². The minimum Gasteiger partial charge on any atom is -0.258 e. The molecular weight excluding hydrogens is 257 g/mol. The van der Waals surface area contributed by atoms with E-state index in [1.165, 1.54) is 6.07 Å². The van der Waals surface area contributed by atoms with E-state index in [1.807, 2.05) is 22.6 Å². The van der Waals surface area contributed by atoms with Gasteiger partial charge in [-0.3, -0.25) is 10.1 Å². The molecule has 4 heteroatoms. The summed E-state index contributed by atoms with van der Waals surface area (Å²) in [6.07, 6.45) is 0. The number of nitro benzene ring substituents is 1. The van der Waals surface area contributed by atoms with Crippen molar-refractivity contribution in [1.82, 2.24) is 0 Å². The predicted molar refractivity (Wildman–Crippen MR) is 50.3 cm³/mol. The van der Waals surface area contributed by atoms with Gasteiger partial charge in [-0.1, -0.05) is 6.07 Å². The number of hydrogen-bond donors (Lipinski definition) is 0. The van der Waals surface area contributed by atoms with Gasteiger partial charge in [0.05, 0.1) is 4.92 Å². The first-order valence-corrected chi connectivity index (χ1v) is 3.95. The average Bonchev–Trinajstić information content (AvgIpc) is 1.94. The maximum Gasteiger partial charge on any atom is 0.273 e. The molecule has 0 unspecified atom stereocenters. The molecule has 0 fully saturated rings. The van der Waals surface area contributed by atoms with E-state index in [4.69, 9.17) is 0 Å². The molecule has 1 aromatic rings. The number of halogens is 1. The molecule has 0 bridgehead atoms. The Bertz CT molecular complexity index is 298. The zero-order valence-electron chi connectivity index (χ0n) is 5.58. The molecule has 1 rings (SSSR count). The van der Waals surface area contributed by atoms with Gasteiger partial charge < -0.3 is 0 Å². The van der Waals surface area contributed by atoms with E-state index in [0.29, 0.717) is 5.56 Å². The molecule has 11 heavy (non-hydrogen) atoms. The fraction of sp³-hybridized carbons (Fsp3) is 0. The molecule has 0 spiro atoms. The number of rotatable bonds is 1. The molecule has 0 amide bonds. The molecule has 0 atom stereocenters. The third-order valence-electron chi connectivity index (χ3n) is 1.24. The third kappa shape index (κ3) is 1.89. The van der Waals surface area contributed by atoms with Crippen LogP contribution in [0.25, 0.3) is 0 Å². The van der Waals surface area contributed by atoms with Crippen molar-refractivity contribution in [2.45, 2.75) is 0 Å². The van der Waals surface area contributed by atoms with Crippen molar-refractivity contribution in [3.63, 3.8) is 0 Å². The molecule has 57 valence electrons. The molecule has 0 aliphatic carbocycles. The van der Waals surface area contributed by atoms with Gasteiger partial charge in [-0.25, -0.2) is 0 Å². The Kier molecular flexibility index (Phi) is 2.43. The average molecular weight is 262 g/mol. The monoisotopic (exact) mass is 262 g/mol. The highest BCUT2D eigenvalue weighted by Gasteiger charge is 2.09. The summed E-state index contributed by atoms with van der Waals surface area (Å²) in [5.74, 6) is 0. The van der Waals surface area contributed by atoms with Crippen molar-refractivity contribution in [2.75, 3.05) is 0 Å². The highest BCUT2D eigenvalue weighted by atomic mass is 127. The van der Waals surface area contributed by atoms with Gasteiger partial charge in [0, 0.05) is 15.2 Å². The Morgan fingerprint density at radius 2 is 2.18 bits per heavy atom. The Morgan fingerprint density at radius 1 is 1.55 bits per heavy atom. The first-order chi connectivity index (χ1) is 5.11. The van der Waals surface area contributed by atoms with Gasteiger partial charge >= 0.3 is 0 Å². The second-order valence-electron chi connectivity index (χ2n) is 2.03. The highest BCUT2D eigenvalue weighted by molar-refractivity contribution is 14.1. The first-order valence-electron chi connectivity index (χ1n) is 2.87. The van der Waals surface area contributed by atoms with Crippen LogP contribution >= 0.6 is 22.6 Å². The Balaban J connectivity index is 3.23. The summed E-state index contributed by atoms with van der Waals surface area (Å²) < 4.78 is 0.849. The lowest BCUT2D eigenvalue weighted by molar-refractivity contribution is -0.385. The van der Waals surface area contributed by atoms with Gasteiger partial charge in [0.1, 0.15) is 0 Å². The lowest BCUT2D eigenvalue weighted by atomic mass is 10.2. The fourth-order valence-electron chi connectivity index (χ4n) is 0.707. The predicted octanol–water partition coefficient (Wildman–Crippen LogP) is 2.38. The zero-order chi connectivity index (χ0) is 8.43. The highest BCUT2D eigenvalue weighted by Crippen LogP contribution is 2.19. The summed E-state index contributed by atoms with van der Waals surface area (Å²) in [6.45, 7) is 3.54. The van der Waals surface area contributed by atoms with Crippen molar-refractivity contribution < 1.29 is 4.92 Å². The van der Waals surface area contributed by atoms with Crippen molar-refractivity contribution in [2.24, 2.45) is 0 Å². The van der Waals surface area contributed by atoms with Crippen LogP contribution in [0.1, 0.15) is 5.56 Å². The summed E-state index contributed by atoms with van der Waals surface area (Å²) >= 11 is 2.02. The topological polar surface area (TPSA) is 43.1 Å². The van der Waals surface area contributed by atoms with Gasteiger partial charge in [0.25, 0.3) is 5.69 Å². The Labute approximate surface area is 77.7 Å². The van der Waals surface area contributed by atoms with Gasteiger partial charge in [-0.2, -0.15) is 0 Å². The number of nitro groups is 1. The van der Waals surface area contributed by atoms with E-state index in [0.717, 1.165) is 3.57 Å². The van der Waals surface area contributed by atoms with Crippen molar-refractivity contribution in [1.29, 1.82) is 0 Å². The zero-order valence-corrected chi connectivity index (χ0v) is 7.74. The van der Waals surface area contributed by atoms with Crippen LogP contribution in [0.5, 0.6) is 0 Å². The standard InChI is InChI=1S/C7H5INO2/c1-5-2-3-6(8)4-7(5)9(10)11/h2-4H,1H2. The van der Waals surface area contributed by atoms with Gasteiger partial charge in [-0.05, 0) is 35.6 Å². The molecular formula is C7H5INO2. The van der Waals surface area contributed by atoms with Crippen LogP contribution in [0.4, 0.5) is 5.69 Å². The number of nitrogens with zero attached hydrogens (tertiary/aromatic N) is 1. The largest absolute Gasteiger partial charge is 0.273 e. The Hall–Kier alpha value is -0.650. The molecule has 1 aromatic carbocycles. The summed E-state index contributed by atoms with van der Waals surface area (Å²) in [7, 11) is 0. The van der Waals surface area contributed by atoms with Crippen LogP contribution in [0, 0.1) is 20.6 Å². The van der Waals surface area contributed by atoms with E-state index >= 15 is 0 Å². The van der Waals surface area contributed by atoms with Gasteiger partial charge in [0.15, 0.2) is 0 Å². The summed E-state index contributed by atoms with van der Waals surface area (Å²) in [5.41, 5.74) is 0.535. The quantitative estimate of drug-likeness (QED) is 0.443. The lowest BCUT2D eigenvalue weighted by Gasteiger charge is -1.95. The molecule has 0 N–H and O–H groups in total. The van der Waals surface area contributed by atoms with Crippen LogP contribution in [0.3, 0.4) is 0 Å². The minimum atomic E-state index is -0.426. The van der Waals surface area contributed by atoms with Gasteiger partial charge in [-0.15, -0.1) is 0 Å². The van der Waals surface area contributed by atoms with Crippen molar-refractivity contribution in [3.8, 4) is 0 Å². The molecule has 0 aromatic heterocycles. The maximum absolute atomic E-state index is 10.3.